The number of halogens is 1. The van der Waals surface area contributed by atoms with Crippen LogP contribution in [0.2, 0.25) is 0 Å². The maximum Gasteiger partial charge on any atom is 0.306 e. The van der Waals surface area contributed by atoms with Gasteiger partial charge in [-0.15, -0.1) is 22.6 Å². The summed E-state index contributed by atoms with van der Waals surface area (Å²) < 4.78 is 0. The number of aryl methyl sites for hydroxylation is 1. The van der Waals surface area contributed by atoms with E-state index in [0.717, 1.165) is 19.5 Å². The van der Waals surface area contributed by atoms with Crippen LogP contribution in [-0.2, 0) is 11.3 Å². The highest BCUT2D eigenvalue weighted by molar-refractivity contribution is 5.90. The Bertz CT molecular complexity index is 597. The summed E-state index contributed by atoms with van der Waals surface area (Å²) in [5.41, 5.74) is 0. The minimum Gasteiger partial charge on any atom is -0.481 e. The van der Waals surface area contributed by atoms with E-state index in [1.807, 2.05) is 0 Å². The molecule has 1 saturated heterocycles. The van der Waals surface area contributed by atoms with Gasteiger partial charge in [0.15, 0.2) is 0 Å². The van der Waals surface area contributed by atoms with Gasteiger partial charge in [0.2, 0.25) is 0 Å². The molecule has 0 spiro atoms. The Balaban J connectivity index is 0.00000243. The first-order chi connectivity index (χ1) is 12.1. The molecular weight excluding hydrogens is 360 g/mol. The molecule has 1 amide bonds. The second-order valence-electron chi connectivity index (χ2n) is 7.05. The third kappa shape index (κ3) is 5.63. The average molecular weight is 387 g/mol. The Morgan fingerprint density at radius 2 is 1.85 bits per heavy atom. The number of hydrogen-bond donors (Lipinski definition) is 3. The minimum atomic E-state index is -0.747. The van der Waals surface area contributed by atoms with Gasteiger partial charge >= 0.3 is 5.97 Å². The van der Waals surface area contributed by atoms with Gasteiger partial charge in [0.25, 0.3) is 11.7 Å². The van der Waals surface area contributed by atoms with Crippen molar-refractivity contribution in [2.24, 2.45) is 11.8 Å². The van der Waals surface area contributed by atoms with Gasteiger partial charge in [-0.25, -0.2) is 0 Å². The second-order valence-corrected chi connectivity index (χ2v) is 7.05. The third-order valence-corrected chi connectivity index (χ3v) is 5.26. The number of aromatic nitrogens is 4. The number of nitrogens with zero attached hydrogens (tertiary/aromatic N) is 4. The van der Waals surface area contributed by atoms with Crippen molar-refractivity contribution in [2.45, 2.75) is 57.5 Å². The molecule has 0 atom stereocenters. The van der Waals surface area contributed by atoms with E-state index >= 15 is 0 Å². The zero-order chi connectivity index (χ0) is 17.6. The van der Waals surface area contributed by atoms with E-state index in [1.165, 1.54) is 17.6 Å². The Hall–Kier alpha value is -1.74. The number of carboxylic acids is 1. The molecule has 1 aromatic heterocycles. The molecule has 10 heteroatoms. The molecule has 2 fully saturated rings. The fourth-order valence-corrected chi connectivity index (χ4v) is 3.63. The van der Waals surface area contributed by atoms with E-state index < -0.39 is 5.97 Å². The average Bonchev–Trinajstić information content (AvgIpc) is 3.10. The highest BCUT2D eigenvalue weighted by Crippen LogP contribution is 2.24. The summed E-state index contributed by atoms with van der Waals surface area (Å²) in [7, 11) is 0. The van der Waals surface area contributed by atoms with Crippen molar-refractivity contribution in [3.63, 3.8) is 0 Å². The Morgan fingerprint density at radius 1 is 1.15 bits per heavy atom. The lowest BCUT2D eigenvalue weighted by molar-refractivity contribution is -0.142. The Labute approximate surface area is 158 Å². The molecule has 0 unspecified atom stereocenters. The molecule has 1 aliphatic heterocycles. The van der Waals surface area contributed by atoms with Crippen LogP contribution in [0.4, 0.5) is 0 Å². The monoisotopic (exact) mass is 386 g/mol. The Morgan fingerprint density at radius 3 is 2.50 bits per heavy atom. The van der Waals surface area contributed by atoms with Gasteiger partial charge in [-0.05, 0) is 69.2 Å². The van der Waals surface area contributed by atoms with Crippen LogP contribution in [0, 0.1) is 11.8 Å². The van der Waals surface area contributed by atoms with Crippen molar-refractivity contribution in [1.29, 1.82) is 0 Å². The molecule has 1 aliphatic carbocycles. The lowest BCUT2D eigenvalue weighted by atomic mass is 9.86. The highest BCUT2D eigenvalue weighted by Gasteiger charge is 2.27. The van der Waals surface area contributed by atoms with Crippen LogP contribution < -0.4 is 10.6 Å². The summed E-state index contributed by atoms with van der Waals surface area (Å²) in [5.74, 6) is -0.600. The van der Waals surface area contributed by atoms with Crippen molar-refractivity contribution < 1.29 is 14.7 Å². The lowest BCUT2D eigenvalue weighted by Crippen LogP contribution is -2.39. The largest absolute Gasteiger partial charge is 0.481 e. The molecular formula is C16H27ClN6O3. The van der Waals surface area contributed by atoms with Crippen molar-refractivity contribution in [3.05, 3.63) is 5.82 Å². The normalized spacial score (nSPS) is 23.8. The van der Waals surface area contributed by atoms with E-state index in [-0.39, 0.29) is 36.1 Å². The number of aliphatic carboxylic acids is 1. The van der Waals surface area contributed by atoms with Crippen LogP contribution in [0.1, 0.15) is 55.6 Å². The molecule has 146 valence electrons. The predicted octanol–water partition coefficient (Wildman–Crippen LogP) is 0.858. The van der Waals surface area contributed by atoms with Gasteiger partial charge in [0.1, 0.15) is 0 Å². The van der Waals surface area contributed by atoms with Gasteiger partial charge in [0, 0.05) is 6.04 Å². The first-order valence-corrected chi connectivity index (χ1v) is 9.14. The maximum atomic E-state index is 12.2. The summed E-state index contributed by atoms with van der Waals surface area (Å²) in [5, 5.41) is 27.2. The van der Waals surface area contributed by atoms with Crippen LogP contribution in [0.3, 0.4) is 0 Å². The smallest absolute Gasteiger partial charge is 0.306 e. The summed E-state index contributed by atoms with van der Waals surface area (Å²) in [4.78, 5) is 24.7. The molecule has 1 aromatic rings. The molecule has 3 N–H and O–H groups in total. The van der Waals surface area contributed by atoms with Crippen LogP contribution in [0.25, 0.3) is 0 Å². The first kappa shape index (κ1) is 20.6. The number of tetrazole rings is 1. The number of rotatable bonds is 6. The zero-order valence-electron chi connectivity index (χ0n) is 14.8. The number of piperidine rings is 1. The predicted molar refractivity (Wildman–Crippen MR) is 96.1 cm³/mol. The van der Waals surface area contributed by atoms with E-state index in [1.54, 1.807) is 0 Å². The quantitative estimate of drug-likeness (QED) is 0.662. The van der Waals surface area contributed by atoms with Crippen LogP contribution >= 0.6 is 12.4 Å². The number of carbonyl (C=O) groups excluding carboxylic acids is 1. The fourth-order valence-electron chi connectivity index (χ4n) is 3.63. The van der Waals surface area contributed by atoms with E-state index in [9.17, 15) is 9.59 Å². The van der Waals surface area contributed by atoms with Gasteiger partial charge in [-0.3, -0.25) is 9.59 Å². The number of hydrogen-bond acceptors (Lipinski definition) is 6. The maximum absolute atomic E-state index is 12.2. The van der Waals surface area contributed by atoms with Crippen molar-refractivity contribution in [3.8, 4) is 0 Å². The van der Waals surface area contributed by atoms with Gasteiger partial charge in [-0.2, -0.15) is 4.80 Å². The number of nitrogens with one attached hydrogen (secondary N) is 2. The molecule has 0 aromatic carbocycles. The fraction of sp³-hybridized carbons (Fsp3) is 0.812. The summed E-state index contributed by atoms with van der Waals surface area (Å²) in [6, 6.07) is -0.00945. The number of carboxylic acid groups (broad SMARTS) is 1. The molecule has 2 aliphatic rings. The summed E-state index contributed by atoms with van der Waals surface area (Å²) in [6.45, 7) is 2.80. The Kier molecular flexibility index (Phi) is 7.77. The summed E-state index contributed by atoms with van der Waals surface area (Å²) in [6.07, 6.45) is 5.87. The van der Waals surface area contributed by atoms with Gasteiger partial charge in [-0.1, -0.05) is 0 Å². The molecule has 26 heavy (non-hydrogen) atoms. The molecule has 3 rings (SSSR count). The number of amides is 1. The standard InChI is InChI=1S/C16H26N6O3.ClH/c23-15(18-13-3-1-12(2-4-13)16(24)25)14-19-21-22(20-14)10-7-11-5-8-17-9-6-11;/h11-13,17H,1-10H2,(H,18,23)(H,24,25);1H. The van der Waals surface area contributed by atoms with Crippen molar-refractivity contribution in [1.82, 2.24) is 30.8 Å². The SMILES string of the molecule is Cl.O=C(NC1CCC(C(=O)O)CC1)c1nnn(CCC2CCNCC2)n1. The van der Waals surface area contributed by atoms with Gasteiger partial charge in [0.05, 0.1) is 12.5 Å². The van der Waals surface area contributed by atoms with E-state index in [0.29, 0.717) is 38.1 Å². The lowest BCUT2D eigenvalue weighted by Gasteiger charge is -2.26. The zero-order valence-corrected chi connectivity index (χ0v) is 15.6. The second kappa shape index (κ2) is 9.82. The van der Waals surface area contributed by atoms with E-state index in [2.05, 4.69) is 26.0 Å². The molecule has 9 nitrogen and oxygen atoms in total. The van der Waals surface area contributed by atoms with Crippen molar-refractivity contribution >= 4 is 24.3 Å². The molecule has 0 radical (unpaired) electrons. The first-order valence-electron chi connectivity index (χ1n) is 9.14. The molecule has 1 saturated carbocycles. The topological polar surface area (TPSA) is 122 Å². The summed E-state index contributed by atoms with van der Waals surface area (Å²) >= 11 is 0. The molecule has 2 heterocycles. The van der Waals surface area contributed by atoms with Crippen LogP contribution in [0.5, 0.6) is 0 Å². The van der Waals surface area contributed by atoms with Crippen LogP contribution in [0.15, 0.2) is 0 Å². The number of carbonyl (C=O) groups is 2. The third-order valence-electron chi connectivity index (χ3n) is 5.26. The van der Waals surface area contributed by atoms with Gasteiger partial charge < -0.3 is 15.7 Å². The van der Waals surface area contributed by atoms with Crippen molar-refractivity contribution in [2.75, 3.05) is 13.1 Å². The van der Waals surface area contributed by atoms with Crippen LogP contribution in [-0.4, -0.2) is 56.3 Å². The minimum absolute atomic E-state index is 0. The highest BCUT2D eigenvalue weighted by atomic mass is 35.5. The molecule has 0 bridgehead atoms. The van der Waals surface area contributed by atoms with E-state index in [4.69, 9.17) is 5.11 Å².